The van der Waals surface area contributed by atoms with Gasteiger partial charge in [-0.15, -0.1) is 0 Å². The Kier molecular flexibility index (Phi) is 4.95. The van der Waals surface area contributed by atoms with Gasteiger partial charge in [0, 0.05) is 40.9 Å². The highest BCUT2D eigenvalue weighted by molar-refractivity contribution is 7.79. The lowest BCUT2D eigenvalue weighted by molar-refractivity contribution is 0.0698. The molecule has 7 heteroatoms. The zero-order chi connectivity index (χ0) is 19.8. The zero-order valence-corrected chi connectivity index (χ0v) is 15.9. The fourth-order valence-corrected chi connectivity index (χ4v) is 4.66. The second-order valence-corrected chi connectivity index (χ2v) is 8.16. The summed E-state index contributed by atoms with van der Waals surface area (Å²) in [6.07, 6.45) is 1.35. The van der Waals surface area contributed by atoms with E-state index in [9.17, 15) is 18.6 Å². The number of piperidine rings is 1. The molecule has 1 N–H and O–H groups in total. The number of carbonyl (C=O) groups is 3. The molecule has 1 fully saturated rings. The van der Waals surface area contributed by atoms with Crippen molar-refractivity contribution >= 4 is 28.6 Å². The molecule has 144 valence electrons. The predicted molar refractivity (Wildman–Crippen MR) is 104 cm³/mol. The lowest BCUT2D eigenvalue weighted by Gasteiger charge is -2.31. The van der Waals surface area contributed by atoms with Crippen LogP contribution in [0.2, 0.25) is 0 Å². The van der Waals surface area contributed by atoms with Gasteiger partial charge in [0.15, 0.2) is 22.6 Å². The van der Waals surface area contributed by atoms with Crippen LogP contribution in [0, 0.1) is 5.92 Å². The van der Waals surface area contributed by atoms with Crippen molar-refractivity contribution in [1.82, 2.24) is 4.90 Å². The average Bonchev–Trinajstić information content (AvgIpc) is 2.71. The van der Waals surface area contributed by atoms with Crippen LogP contribution in [-0.2, 0) is 11.1 Å². The van der Waals surface area contributed by atoms with Crippen LogP contribution in [0.5, 0.6) is 0 Å². The molecule has 1 atom stereocenters. The monoisotopic (exact) mass is 397 g/mol. The smallest absolute Gasteiger partial charge is 0.253 e. The van der Waals surface area contributed by atoms with Gasteiger partial charge < -0.3 is 9.45 Å². The Balaban J connectivity index is 1.56. The highest BCUT2D eigenvalue weighted by atomic mass is 32.2. The minimum Gasteiger partial charge on any atom is -0.339 e. The molecule has 2 aromatic rings. The second kappa shape index (κ2) is 7.41. The molecule has 6 nitrogen and oxygen atoms in total. The molecule has 28 heavy (non-hydrogen) atoms. The summed E-state index contributed by atoms with van der Waals surface area (Å²) in [6, 6.07) is 11.4. The minimum absolute atomic E-state index is 0.133. The van der Waals surface area contributed by atoms with Crippen molar-refractivity contribution in [2.45, 2.75) is 12.8 Å². The van der Waals surface area contributed by atoms with E-state index in [-0.39, 0.29) is 34.7 Å². The van der Waals surface area contributed by atoms with Crippen LogP contribution in [0.25, 0.3) is 0 Å². The Labute approximate surface area is 164 Å². The zero-order valence-electron chi connectivity index (χ0n) is 15.1. The topological polar surface area (TPSA) is 91.8 Å². The van der Waals surface area contributed by atoms with E-state index < -0.39 is 11.1 Å². The van der Waals surface area contributed by atoms with Gasteiger partial charge in [0.25, 0.3) is 5.91 Å². The molecule has 1 saturated heterocycles. The molecule has 0 bridgehead atoms. The van der Waals surface area contributed by atoms with Crippen LogP contribution in [0.4, 0.5) is 0 Å². The first-order chi connectivity index (χ1) is 13.5. The van der Waals surface area contributed by atoms with Crippen molar-refractivity contribution in [3.8, 4) is 0 Å². The number of likely N-dealkylation sites (tertiary alicyclic amines) is 1. The molecular weight excluding hydrogens is 378 g/mol. The van der Waals surface area contributed by atoms with E-state index in [2.05, 4.69) is 0 Å². The van der Waals surface area contributed by atoms with E-state index >= 15 is 0 Å². The number of ketones is 2. The molecule has 1 aliphatic heterocycles. The number of rotatable bonds is 3. The van der Waals surface area contributed by atoms with E-state index in [0.717, 1.165) is 0 Å². The summed E-state index contributed by atoms with van der Waals surface area (Å²) in [4.78, 5) is 40.1. The van der Waals surface area contributed by atoms with Crippen molar-refractivity contribution < 1.29 is 23.1 Å². The molecule has 1 heterocycles. The van der Waals surface area contributed by atoms with Gasteiger partial charge in [-0.2, -0.15) is 0 Å². The average molecular weight is 397 g/mol. The quantitative estimate of drug-likeness (QED) is 0.686. The first-order valence-corrected chi connectivity index (χ1v) is 10.4. The normalized spacial score (nSPS) is 17.8. The van der Waals surface area contributed by atoms with Crippen LogP contribution in [0.15, 0.2) is 42.5 Å². The number of nitrogens with zero attached hydrogens (tertiary/aromatic N) is 1. The Morgan fingerprint density at radius 1 is 0.964 bits per heavy atom. The van der Waals surface area contributed by atoms with Gasteiger partial charge in [-0.1, -0.05) is 24.3 Å². The second-order valence-electron chi connectivity index (χ2n) is 7.19. The van der Waals surface area contributed by atoms with E-state index in [4.69, 9.17) is 4.55 Å². The number of amides is 1. The van der Waals surface area contributed by atoms with Gasteiger partial charge in [0.1, 0.15) is 0 Å². The van der Waals surface area contributed by atoms with Gasteiger partial charge >= 0.3 is 0 Å². The van der Waals surface area contributed by atoms with Crippen molar-refractivity contribution in [3.63, 3.8) is 0 Å². The van der Waals surface area contributed by atoms with E-state index in [1.807, 2.05) is 0 Å². The SMILES string of the molecule is O=C1c2ccccc2C(=O)c2cc(C(=O)N3CCC(CS(=O)O)CC3)ccc21. The highest BCUT2D eigenvalue weighted by Gasteiger charge is 2.31. The fraction of sp³-hybridized carbons (Fsp3) is 0.286. The maximum atomic E-state index is 12.9. The third kappa shape index (κ3) is 3.31. The van der Waals surface area contributed by atoms with Gasteiger partial charge in [-0.05, 0) is 37.0 Å². The number of hydrogen-bond acceptors (Lipinski definition) is 4. The molecule has 2 aliphatic rings. The molecule has 0 aromatic heterocycles. The largest absolute Gasteiger partial charge is 0.339 e. The van der Waals surface area contributed by atoms with Gasteiger partial charge in [0.05, 0.1) is 5.75 Å². The third-order valence-electron chi connectivity index (χ3n) is 5.45. The van der Waals surface area contributed by atoms with Gasteiger partial charge in [0.2, 0.25) is 0 Å². The van der Waals surface area contributed by atoms with Crippen molar-refractivity contribution in [2.75, 3.05) is 18.8 Å². The van der Waals surface area contributed by atoms with E-state index in [1.165, 1.54) is 6.07 Å². The summed E-state index contributed by atoms with van der Waals surface area (Å²) in [5, 5.41) is 0. The summed E-state index contributed by atoms with van der Waals surface area (Å²) in [5.41, 5.74) is 1.72. The number of fused-ring (bicyclic) bond motifs is 2. The number of benzene rings is 2. The van der Waals surface area contributed by atoms with Gasteiger partial charge in [-0.25, -0.2) is 4.21 Å². The first kappa shape index (κ1) is 18.7. The first-order valence-electron chi connectivity index (χ1n) is 9.15. The lowest BCUT2D eigenvalue weighted by atomic mass is 9.83. The Hall–Kier alpha value is -2.64. The Morgan fingerprint density at radius 2 is 1.54 bits per heavy atom. The van der Waals surface area contributed by atoms with E-state index in [1.54, 1.807) is 41.3 Å². The highest BCUT2D eigenvalue weighted by Crippen LogP contribution is 2.28. The lowest BCUT2D eigenvalue weighted by Crippen LogP contribution is -2.39. The molecule has 1 aliphatic carbocycles. The molecule has 4 rings (SSSR count). The standard InChI is InChI=1S/C21H19NO5S/c23-19-15-3-1-2-4-16(15)20(24)18-11-14(5-6-17(18)19)21(25)22-9-7-13(8-10-22)12-28(26)27/h1-6,11,13H,7-10,12H2,(H,26,27). The number of carbonyl (C=O) groups excluding carboxylic acids is 3. The molecular formula is C21H19NO5S. The van der Waals surface area contributed by atoms with Crippen molar-refractivity contribution in [3.05, 3.63) is 70.3 Å². The predicted octanol–water partition coefficient (Wildman–Crippen LogP) is 2.54. The van der Waals surface area contributed by atoms with Crippen molar-refractivity contribution in [1.29, 1.82) is 0 Å². The van der Waals surface area contributed by atoms with Crippen LogP contribution < -0.4 is 0 Å². The fourth-order valence-electron chi connectivity index (χ4n) is 3.92. The maximum absolute atomic E-state index is 12.9. The Bertz CT molecular complexity index is 1010. The summed E-state index contributed by atoms with van der Waals surface area (Å²) >= 11 is -1.82. The van der Waals surface area contributed by atoms with Crippen LogP contribution in [0.1, 0.15) is 55.0 Å². The van der Waals surface area contributed by atoms with Crippen LogP contribution in [0.3, 0.4) is 0 Å². The third-order valence-corrected chi connectivity index (χ3v) is 6.21. The summed E-state index contributed by atoms with van der Waals surface area (Å²) in [6.45, 7) is 1.01. The number of hydrogen-bond donors (Lipinski definition) is 1. The van der Waals surface area contributed by atoms with Gasteiger partial charge in [-0.3, -0.25) is 14.4 Å². The van der Waals surface area contributed by atoms with E-state index in [0.29, 0.717) is 48.2 Å². The summed E-state index contributed by atoms with van der Waals surface area (Å²) in [7, 11) is 0. The molecule has 2 aromatic carbocycles. The molecule has 0 spiro atoms. The minimum atomic E-state index is -1.82. The molecule has 0 saturated carbocycles. The van der Waals surface area contributed by atoms with Crippen molar-refractivity contribution in [2.24, 2.45) is 5.92 Å². The Morgan fingerprint density at radius 3 is 2.14 bits per heavy atom. The molecule has 1 amide bonds. The van der Waals surface area contributed by atoms with Crippen LogP contribution >= 0.6 is 0 Å². The summed E-state index contributed by atoms with van der Waals surface area (Å²) in [5.74, 6) is -0.276. The molecule has 1 unspecified atom stereocenters. The summed E-state index contributed by atoms with van der Waals surface area (Å²) < 4.78 is 20.0. The molecule has 0 radical (unpaired) electrons. The van der Waals surface area contributed by atoms with Crippen LogP contribution in [-0.4, -0.2) is 50.0 Å². The maximum Gasteiger partial charge on any atom is 0.253 e.